The van der Waals surface area contributed by atoms with Gasteiger partial charge in [-0.05, 0) is 38.5 Å². The second-order valence-corrected chi connectivity index (χ2v) is 4.87. The number of hydrogen-bond acceptors (Lipinski definition) is 2. The summed E-state index contributed by atoms with van der Waals surface area (Å²) >= 11 is 0. The lowest BCUT2D eigenvalue weighted by molar-refractivity contribution is 0.561. The van der Waals surface area contributed by atoms with Gasteiger partial charge in [0.25, 0.3) is 0 Å². The van der Waals surface area contributed by atoms with Gasteiger partial charge in [0.05, 0.1) is 17.1 Å². The van der Waals surface area contributed by atoms with Gasteiger partial charge in [-0.15, -0.1) is 0 Å². The fourth-order valence-corrected chi connectivity index (χ4v) is 3.00. The highest BCUT2D eigenvalue weighted by molar-refractivity contribution is 5.25. The molecule has 2 heteroatoms. The summed E-state index contributed by atoms with van der Waals surface area (Å²) in [5.74, 6) is 2.17. The largest absolute Gasteiger partial charge is 0.258 e. The minimum absolute atomic E-state index is 0.632. The molecule has 0 amide bonds. The Morgan fingerprint density at radius 1 is 1.20 bits per heavy atom. The average Bonchev–Trinajstić information content (AvgIpc) is 2.83. The molecular weight excluding hydrogens is 184 g/mol. The first-order chi connectivity index (χ1) is 7.24. The van der Waals surface area contributed by atoms with Crippen molar-refractivity contribution in [1.29, 1.82) is 0 Å². The minimum atomic E-state index is 0.632. The number of aryl methyl sites for hydroxylation is 2. The predicted molar refractivity (Wildman–Crippen MR) is 59.6 cm³/mol. The number of aromatic nitrogens is 2. The fourth-order valence-electron chi connectivity index (χ4n) is 3.00. The van der Waals surface area contributed by atoms with Gasteiger partial charge in [-0.1, -0.05) is 12.2 Å². The summed E-state index contributed by atoms with van der Waals surface area (Å²) in [7, 11) is 0. The van der Waals surface area contributed by atoms with Crippen LogP contribution in [-0.2, 0) is 0 Å². The van der Waals surface area contributed by atoms with Crippen LogP contribution in [0.2, 0.25) is 0 Å². The van der Waals surface area contributed by atoms with E-state index in [-0.39, 0.29) is 0 Å². The summed E-state index contributed by atoms with van der Waals surface area (Å²) in [6.07, 6.45) is 9.23. The molecule has 2 aliphatic carbocycles. The summed E-state index contributed by atoms with van der Waals surface area (Å²) in [4.78, 5) is 9.10. The van der Waals surface area contributed by atoms with E-state index in [0.29, 0.717) is 5.92 Å². The Bertz CT molecular complexity index is 423. The first-order valence-corrected chi connectivity index (χ1v) is 5.72. The summed E-state index contributed by atoms with van der Waals surface area (Å²) in [6, 6.07) is 0. The zero-order chi connectivity index (χ0) is 10.4. The third-order valence-corrected chi connectivity index (χ3v) is 3.74. The number of rotatable bonds is 1. The molecule has 0 aromatic carbocycles. The van der Waals surface area contributed by atoms with Gasteiger partial charge in [0, 0.05) is 12.1 Å². The molecule has 2 aliphatic rings. The maximum atomic E-state index is 4.68. The van der Waals surface area contributed by atoms with Gasteiger partial charge < -0.3 is 0 Å². The molecule has 3 rings (SSSR count). The highest BCUT2D eigenvalue weighted by Gasteiger charge is 2.38. The zero-order valence-corrected chi connectivity index (χ0v) is 9.27. The third-order valence-electron chi connectivity index (χ3n) is 3.74. The van der Waals surface area contributed by atoms with E-state index in [2.05, 4.69) is 29.0 Å². The van der Waals surface area contributed by atoms with Crippen molar-refractivity contribution in [3.63, 3.8) is 0 Å². The molecule has 0 aliphatic heterocycles. The molecule has 2 nitrogen and oxygen atoms in total. The third kappa shape index (κ3) is 1.39. The van der Waals surface area contributed by atoms with E-state index in [1.54, 1.807) is 0 Å². The highest BCUT2D eigenvalue weighted by Crippen LogP contribution is 2.48. The number of allylic oxidation sites excluding steroid dienone is 2. The summed E-state index contributed by atoms with van der Waals surface area (Å²) in [5, 5.41) is 0. The normalized spacial score (nSPS) is 32.5. The van der Waals surface area contributed by atoms with Crippen LogP contribution in [0.5, 0.6) is 0 Å². The van der Waals surface area contributed by atoms with Crippen LogP contribution in [0.25, 0.3) is 0 Å². The lowest BCUT2D eigenvalue weighted by Gasteiger charge is -2.19. The zero-order valence-electron chi connectivity index (χ0n) is 9.27. The standard InChI is InChI=1S/C13H16N2/c1-8-7-14-9(2)13(15-8)12-6-10-3-4-11(12)5-10/h3-4,7,10-12H,5-6H2,1-2H3. The molecule has 78 valence electrons. The maximum absolute atomic E-state index is 4.68. The van der Waals surface area contributed by atoms with Crippen molar-refractivity contribution in [1.82, 2.24) is 9.97 Å². The molecular formula is C13H16N2. The first kappa shape index (κ1) is 9.08. The highest BCUT2D eigenvalue weighted by atomic mass is 14.8. The molecule has 0 N–H and O–H groups in total. The Hall–Kier alpha value is -1.18. The Balaban J connectivity index is 1.99. The smallest absolute Gasteiger partial charge is 0.0656 e. The van der Waals surface area contributed by atoms with Crippen LogP contribution >= 0.6 is 0 Å². The molecule has 1 heterocycles. The average molecular weight is 200 g/mol. The molecule has 15 heavy (non-hydrogen) atoms. The Labute approximate surface area is 90.5 Å². The molecule has 3 atom stereocenters. The Morgan fingerprint density at radius 3 is 2.73 bits per heavy atom. The van der Waals surface area contributed by atoms with Gasteiger partial charge in [0.15, 0.2) is 0 Å². The SMILES string of the molecule is Cc1cnc(C)c(C2CC3C=CC2C3)n1. The van der Waals surface area contributed by atoms with Crippen LogP contribution in [0.4, 0.5) is 0 Å². The van der Waals surface area contributed by atoms with E-state index in [4.69, 9.17) is 0 Å². The molecule has 0 saturated heterocycles. The lowest BCUT2D eigenvalue weighted by atomic mass is 9.89. The van der Waals surface area contributed by atoms with E-state index < -0.39 is 0 Å². The van der Waals surface area contributed by atoms with Gasteiger partial charge in [0.1, 0.15) is 0 Å². The van der Waals surface area contributed by atoms with Crippen molar-refractivity contribution in [2.45, 2.75) is 32.6 Å². The second-order valence-electron chi connectivity index (χ2n) is 4.87. The van der Waals surface area contributed by atoms with Crippen LogP contribution < -0.4 is 0 Å². The lowest BCUT2D eigenvalue weighted by Crippen LogP contribution is -2.10. The fraction of sp³-hybridized carbons (Fsp3) is 0.538. The molecule has 1 aromatic heterocycles. The van der Waals surface area contributed by atoms with Crippen LogP contribution in [0.3, 0.4) is 0 Å². The van der Waals surface area contributed by atoms with E-state index in [1.165, 1.54) is 18.5 Å². The molecule has 1 saturated carbocycles. The van der Waals surface area contributed by atoms with Crippen LogP contribution in [0, 0.1) is 25.7 Å². The Morgan fingerprint density at radius 2 is 2.07 bits per heavy atom. The molecule has 1 fully saturated rings. The van der Waals surface area contributed by atoms with Gasteiger partial charge in [0.2, 0.25) is 0 Å². The first-order valence-electron chi connectivity index (χ1n) is 5.72. The van der Waals surface area contributed by atoms with Crippen LogP contribution in [0.15, 0.2) is 18.3 Å². The van der Waals surface area contributed by atoms with Gasteiger partial charge in [-0.25, -0.2) is 0 Å². The monoisotopic (exact) mass is 200 g/mol. The molecule has 2 bridgehead atoms. The van der Waals surface area contributed by atoms with Gasteiger partial charge in [-0.3, -0.25) is 9.97 Å². The Kier molecular flexibility index (Phi) is 1.91. The molecule has 3 unspecified atom stereocenters. The van der Waals surface area contributed by atoms with Crippen LogP contribution in [0.1, 0.15) is 35.8 Å². The van der Waals surface area contributed by atoms with Crippen molar-refractivity contribution >= 4 is 0 Å². The quantitative estimate of drug-likeness (QED) is 0.651. The van der Waals surface area contributed by atoms with Crippen LogP contribution in [-0.4, -0.2) is 9.97 Å². The second kappa shape index (κ2) is 3.16. The predicted octanol–water partition coefficient (Wildman–Crippen LogP) is 2.77. The molecule has 1 aromatic rings. The van der Waals surface area contributed by atoms with Crippen molar-refractivity contribution < 1.29 is 0 Å². The van der Waals surface area contributed by atoms with E-state index in [0.717, 1.165) is 23.2 Å². The van der Waals surface area contributed by atoms with E-state index in [9.17, 15) is 0 Å². The van der Waals surface area contributed by atoms with E-state index >= 15 is 0 Å². The summed E-state index contributed by atoms with van der Waals surface area (Å²) in [6.45, 7) is 4.11. The van der Waals surface area contributed by atoms with Gasteiger partial charge >= 0.3 is 0 Å². The van der Waals surface area contributed by atoms with Crippen molar-refractivity contribution in [3.8, 4) is 0 Å². The van der Waals surface area contributed by atoms with E-state index in [1.807, 2.05) is 13.1 Å². The maximum Gasteiger partial charge on any atom is 0.0656 e. The van der Waals surface area contributed by atoms with Crippen molar-refractivity contribution in [2.75, 3.05) is 0 Å². The summed E-state index contributed by atoms with van der Waals surface area (Å²) < 4.78 is 0. The van der Waals surface area contributed by atoms with Gasteiger partial charge in [-0.2, -0.15) is 0 Å². The van der Waals surface area contributed by atoms with Crippen molar-refractivity contribution in [2.24, 2.45) is 11.8 Å². The number of fused-ring (bicyclic) bond motifs is 2. The molecule has 0 radical (unpaired) electrons. The minimum Gasteiger partial charge on any atom is -0.258 e. The summed E-state index contributed by atoms with van der Waals surface area (Å²) in [5.41, 5.74) is 3.40. The van der Waals surface area contributed by atoms with Crippen molar-refractivity contribution in [3.05, 3.63) is 35.4 Å². The number of hydrogen-bond donors (Lipinski definition) is 0. The number of nitrogens with zero attached hydrogens (tertiary/aromatic N) is 2. The molecule has 0 spiro atoms. The topological polar surface area (TPSA) is 25.8 Å².